The lowest BCUT2D eigenvalue weighted by Crippen LogP contribution is -2.36. The summed E-state index contributed by atoms with van der Waals surface area (Å²) in [6, 6.07) is 17.8. The van der Waals surface area contributed by atoms with Gasteiger partial charge < -0.3 is 10.6 Å². The fourth-order valence-corrected chi connectivity index (χ4v) is 2.63. The summed E-state index contributed by atoms with van der Waals surface area (Å²) < 4.78 is 1.87. The first-order chi connectivity index (χ1) is 12.7. The van der Waals surface area contributed by atoms with E-state index in [1.165, 1.54) is 5.56 Å². The smallest absolute Gasteiger partial charge is 0.315 e. The highest BCUT2D eigenvalue weighted by Crippen LogP contribution is 2.03. The first-order valence-electron chi connectivity index (χ1n) is 8.69. The average molecular weight is 349 g/mol. The van der Waals surface area contributed by atoms with Crippen LogP contribution in [-0.2, 0) is 19.5 Å². The van der Waals surface area contributed by atoms with Gasteiger partial charge in [0.2, 0.25) is 0 Å². The van der Waals surface area contributed by atoms with Gasteiger partial charge in [-0.25, -0.2) is 4.79 Å². The Labute approximate surface area is 153 Å². The average Bonchev–Trinajstić information content (AvgIpc) is 3.08. The highest BCUT2D eigenvalue weighted by Gasteiger charge is 2.04. The third-order valence-corrected chi connectivity index (χ3v) is 3.93. The number of urea groups is 1. The molecule has 134 valence electrons. The molecule has 0 atom stereocenters. The summed E-state index contributed by atoms with van der Waals surface area (Å²) in [5.74, 6) is 0. The molecule has 0 bridgehead atoms. The molecule has 2 heterocycles. The largest absolute Gasteiger partial charge is 0.338 e. The number of hydrogen-bond donors (Lipinski definition) is 2. The Morgan fingerprint density at radius 3 is 2.65 bits per heavy atom. The molecule has 0 fully saturated rings. The Balaban J connectivity index is 1.39. The second-order valence-electron chi connectivity index (χ2n) is 6.12. The molecule has 2 aromatic heterocycles. The Morgan fingerprint density at radius 2 is 1.85 bits per heavy atom. The van der Waals surface area contributed by atoms with Crippen molar-refractivity contribution in [3.8, 4) is 0 Å². The molecule has 0 aliphatic carbocycles. The number of hydrogen-bond acceptors (Lipinski definition) is 3. The maximum Gasteiger partial charge on any atom is 0.315 e. The molecule has 0 unspecified atom stereocenters. The number of pyridine rings is 1. The number of carbonyl (C=O) groups excluding carboxylic acids is 1. The molecule has 6 nitrogen and oxygen atoms in total. The van der Waals surface area contributed by atoms with Crippen LogP contribution < -0.4 is 10.6 Å². The van der Waals surface area contributed by atoms with Crippen LogP contribution in [0.2, 0.25) is 0 Å². The zero-order valence-corrected chi connectivity index (χ0v) is 14.9. The fourth-order valence-electron chi connectivity index (χ4n) is 2.63. The number of benzene rings is 1. The van der Waals surface area contributed by atoms with Crippen LogP contribution in [0, 0.1) is 6.92 Å². The van der Waals surface area contributed by atoms with Crippen molar-refractivity contribution in [1.82, 2.24) is 25.4 Å². The van der Waals surface area contributed by atoms with Gasteiger partial charge in [-0.2, -0.15) is 5.10 Å². The molecule has 3 aromatic rings. The molecule has 0 aliphatic rings. The molecule has 2 amide bonds. The van der Waals surface area contributed by atoms with Crippen molar-refractivity contribution in [3.63, 3.8) is 0 Å². The van der Waals surface area contributed by atoms with Crippen LogP contribution in [0.5, 0.6) is 0 Å². The quantitative estimate of drug-likeness (QED) is 0.689. The molecule has 3 rings (SSSR count). The van der Waals surface area contributed by atoms with E-state index in [0.29, 0.717) is 19.5 Å². The summed E-state index contributed by atoms with van der Waals surface area (Å²) in [6.45, 7) is 3.62. The van der Waals surface area contributed by atoms with E-state index in [4.69, 9.17) is 0 Å². The maximum atomic E-state index is 11.9. The molecule has 0 saturated heterocycles. The lowest BCUT2D eigenvalue weighted by molar-refractivity contribution is 0.240. The van der Waals surface area contributed by atoms with Gasteiger partial charge in [-0.15, -0.1) is 0 Å². The number of nitrogens with zero attached hydrogens (tertiary/aromatic N) is 3. The Morgan fingerprint density at radius 1 is 1.00 bits per heavy atom. The minimum atomic E-state index is -0.199. The summed E-state index contributed by atoms with van der Waals surface area (Å²) in [5.41, 5.74) is 3.98. The van der Waals surface area contributed by atoms with E-state index in [-0.39, 0.29) is 6.03 Å². The SMILES string of the molecule is Cc1cccc(CCNC(=O)NCc2ccn(Cc3ccccc3)n2)n1. The molecule has 0 spiro atoms. The van der Waals surface area contributed by atoms with E-state index < -0.39 is 0 Å². The zero-order chi connectivity index (χ0) is 18.2. The zero-order valence-electron chi connectivity index (χ0n) is 14.9. The van der Waals surface area contributed by atoms with Gasteiger partial charge in [0, 0.05) is 30.6 Å². The summed E-state index contributed by atoms with van der Waals surface area (Å²) in [4.78, 5) is 16.3. The van der Waals surface area contributed by atoms with Crippen molar-refractivity contribution in [3.05, 3.63) is 83.4 Å². The van der Waals surface area contributed by atoms with Crippen LogP contribution in [0.3, 0.4) is 0 Å². The Bertz CT molecular complexity index is 844. The van der Waals surface area contributed by atoms with Gasteiger partial charge in [-0.05, 0) is 30.7 Å². The van der Waals surface area contributed by atoms with Crippen molar-refractivity contribution in [2.75, 3.05) is 6.54 Å². The Hall–Kier alpha value is -3.15. The van der Waals surface area contributed by atoms with Crippen molar-refractivity contribution >= 4 is 6.03 Å². The highest BCUT2D eigenvalue weighted by molar-refractivity contribution is 5.73. The van der Waals surface area contributed by atoms with Crippen molar-refractivity contribution < 1.29 is 4.79 Å². The summed E-state index contributed by atoms with van der Waals surface area (Å²) in [7, 11) is 0. The minimum Gasteiger partial charge on any atom is -0.338 e. The highest BCUT2D eigenvalue weighted by atomic mass is 16.2. The van der Waals surface area contributed by atoms with Crippen LogP contribution >= 0.6 is 0 Å². The Kier molecular flexibility index (Phi) is 5.98. The maximum absolute atomic E-state index is 11.9. The molecule has 0 aliphatic heterocycles. The number of rotatable bonds is 7. The van der Waals surface area contributed by atoms with Gasteiger partial charge in [-0.1, -0.05) is 36.4 Å². The van der Waals surface area contributed by atoms with E-state index in [1.54, 1.807) is 0 Å². The second kappa shape index (κ2) is 8.80. The van der Waals surface area contributed by atoms with Crippen LogP contribution in [0.25, 0.3) is 0 Å². The van der Waals surface area contributed by atoms with Crippen LogP contribution in [0.1, 0.15) is 22.6 Å². The molecule has 2 N–H and O–H groups in total. The van der Waals surface area contributed by atoms with Gasteiger partial charge in [0.1, 0.15) is 0 Å². The molecule has 1 aromatic carbocycles. The topological polar surface area (TPSA) is 71.8 Å². The summed E-state index contributed by atoms with van der Waals surface area (Å²) >= 11 is 0. The van der Waals surface area contributed by atoms with Crippen molar-refractivity contribution in [2.24, 2.45) is 0 Å². The van der Waals surface area contributed by atoms with Gasteiger partial charge in [0.15, 0.2) is 0 Å². The van der Waals surface area contributed by atoms with Crippen LogP contribution in [-0.4, -0.2) is 27.3 Å². The van der Waals surface area contributed by atoms with E-state index in [2.05, 4.69) is 32.8 Å². The number of aryl methyl sites for hydroxylation is 1. The number of amides is 2. The standard InChI is InChI=1S/C20H23N5O/c1-16-6-5-9-18(23-16)10-12-21-20(26)22-14-19-11-13-25(24-19)15-17-7-3-2-4-8-17/h2-9,11,13H,10,12,14-15H2,1H3,(H2,21,22,26). The predicted molar refractivity (Wildman–Crippen MR) is 101 cm³/mol. The molecular formula is C20H23N5O. The monoisotopic (exact) mass is 349 g/mol. The first kappa shape index (κ1) is 17.7. The van der Waals surface area contributed by atoms with Crippen molar-refractivity contribution in [2.45, 2.75) is 26.4 Å². The first-order valence-corrected chi connectivity index (χ1v) is 8.69. The van der Waals surface area contributed by atoms with Crippen LogP contribution in [0.15, 0.2) is 60.8 Å². The third-order valence-electron chi connectivity index (χ3n) is 3.93. The summed E-state index contributed by atoms with van der Waals surface area (Å²) in [5, 5.41) is 10.1. The van der Waals surface area contributed by atoms with Crippen LogP contribution in [0.4, 0.5) is 4.79 Å². The molecule has 26 heavy (non-hydrogen) atoms. The molecule has 0 radical (unpaired) electrons. The molecular weight excluding hydrogens is 326 g/mol. The number of nitrogens with one attached hydrogen (secondary N) is 2. The predicted octanol–water partition coefficient (Wildman–Crippen LogP) is 2.68. The van der Waals surface area contributed by atoms with E-state index >= 15 is 0 Å². The van der Waals surface area contributed by atoms with E-state index in [9.17, 15) is 4.79 Å². The minimum absolute atomic E-state index is 0.199. The van der Waals surface area contributed by atoms with E-state index in [1.807, 2.05) is 60.3 Å². The lowest BCUT2D eigenvalue weighted by atomic mass is 10.2. The fraction of sp³-hybridized carbons (Fsp3) is 0.250. The molecule has 0 saturated carbocycles. The normalized spacial score (nSPS) is 10.5. The lowest BCUT2D eigenvalue weighted by Gasteiger charge is -2.07. The summed E-state index contributed by atoms with van der Waals surface area (Å²) in [6.07, 6.45) is 2.63. The van der Waals surface area contributed by atoms with E-state index in [0.717, 1.165) is 23.6 Å². The molecule has 6 heteroatoms. The van der Waals surface area contributed by atoms with Gasteiger partial charge in [-0.3, -0.25) is 9.67 Å². The second-order valence-corrected chi connectivity index (χ2v) is 6.12. The van der Waals surface area contributed by atoms with Crippen molar-refractivity contribution in [1.29, 1.82) is 0 Å². The number of aromatic nitrogens is 3. The van der Waals surface area contributed by atoms with Gasteiger partial charge >= 0.3 is 6.03 Å². The van der Waals surface area contributed by atoms with Gasteiger partial charge in [0.05, 0.1) is 18.8 Å². The third kappa shape index (κ3) is 5.44. The number of carbonyl (C=O) groups is 1. The van der Waals surface area contributed by atoms with Gasteiger partial charge in [0.25, 0.3) is 0 Å².